The summed E-state index contributed by atoms with van der Waals surface area (Å²) in [5, 5.41) is 8.89. The van der Waals surface area contributed by atoms with Gasteiger partial charge in [0.1, 0.15) is 5.82 Å². The van der Waals surface area contributed by atoms with E-state index in [-0.39, 0.29) is 43.1 Å². The Labute approximate surface area is 189 Å². The monoisotopic (exact) mass is 537 g/mol. The number of halogens is 4. The molecule has 1 aliphatic heterocycles. The molecule has 0 fully saturated rings. The highest BCUT2D eigenvalue weighted by Crippen LogP contribution is 2.33. The summed E-state index contributed by atoms with van der Waals surface area (Å²) in [7, 11) is 0. The Morgan fingerprint density at radius 3 is 2.70 bits per heavy atom. The molecule has 0 atom stereocenters. The number of hydrogen-bond donors (Lipinski definition) is 3. The number of fused-ring (bicyclic) bond motifs is 1. The van der Waals surface area contributed by atoms with Crippen LogP contribution < -0.4 is 25.4 Å². The number of pyridine rings is 1. The van der Waals surface area contributed by atoms with E-state index in [4.69, 9.17) is 9.47 Å². The lowest BCUT2D eigenvalue weighted by Gasteiger charge is -2.15. The highest BCUT2D eigenvalue weighted by Gasteiger charge is 2.33. The maximum absolute atomic E-state index is 13.0. The van der Waals surface area contributed by atoms with Crippen LogP contribution >= 0.6 is 24.0 Å². The molecule has 0 aliphatic carbocycles. The van der Waals surface area contributed by atoms with E-state index in [9.17, 15) is 13.2 Å². The summed E-state index contributed by atoms with van der Waals surface area (Å²) in [6, 6.07) is 7.87. The van der Waals surface area contributed by atoms with Crippen LogP contribution in [0.25, 0.3) is 0 Å². The number of aliphatic imine (C=N–C) groups is 1. The third kappa shape index (κ3) is 6.54. The molecule has 3 rings (SSSR count). The summed E-state index contributed by atoms with van der Waals surface area (Å²) in [5.41, 5.74) is 0.163. The number of nitrogens with one attached hydrogen (secondary N) is 3. The second-order valence-electron chi connectivity index (χ2n) is 6.13. The minimum atomic E-state index is -4.45. The van der Waals surface area contributed by atoms with Crippen molar-refractivity contribution >= 4 is 35.8 Å². The zero-order valence-corrected chi connectivity index (χ0v) is 18.6. The second-order valence-corrected chi connectivity index (χ2v) is 6.13. The van der Waals surface area contributed by atoms with Gasteiger partial charge in [0.2, 0.25) is 6.79 Å². The quantitative estimate of drug-likeness (QED) is 0.217. The van der Waals surface area contributed by atoms with Crippen LogP contribution in [0.4, 0.5) is 19.0 Å². The number of ether oxygens (including phenoxy) is 2. The van der Waals surface area contributed by atoms with Gasteiger partial charge in [-0.1, -0.05) is 6.07 Å². The van der Waals surface area contributed by atoms with E-state index in [1.165, 1.54) is 12.3 Å². The van der Waals surface area contributed by atoms with E-state index >= 15 is 0 Å². The van der Waals surface area contributed by atoms with Gasteiger partial charge >= 0.3 is 6.18 Å². The van der Waals surface area contributed by atoms with E-state index in [2.05, 4.69) is 25.9 Å². The Morgan fingerprint density at radius 1 is 1.13 bits per heavy atom. The van der Waals surface area contributed by atoms with Gasteiger partial charge in [-0.25, -0.2) is 9.98 Å². The number of rotatable bonds is 7. The first-order valence-corrected chi connectivity index (χ1v) is 9.14. The molecule has 2 aromatic rings. The number of alkyl halides is 3. The van der Waals surface area contributed by atoms with Gasteiger partial charge in [-0.05, 0) is 36.8 Å². The molecule has 0 amide bonds. The number of benzene rings is 1. The third-order valence-electron chi connectivity index (χ3n) is 4.02. The minimum absolute atomic E-state index is 0. The average Bonchev–Trinajstić information content (AvgIpc) is 3.16. The van der Waals surface area contributed by atoms with Crippen molar-refractivity contribution in [3.05, 3.63) is 47.7 Å². The van der Waals surface area contributed by atoms with Crippen molar-refractivity contribution in [1.29, 1.82) is 0 Å². The maximum atomic E-state index is 13.0. The first-order chi connectivity index (χ1) is 14.0. The smallest absolute Gasteiger partial charge is 0.419 e. The number of hydrogen-bond acceptors (Lipinski definition) is 5. The SMILES string of the molecule is CCNC(=NCc1ccc2c(c1)OCO2)NCCNc1ncccc1C(F)(F)F.I. The Bertz CT molecular complexity index is 864. The predicted octanol–water partition coefficient (Wildman–Crippen LogP) is 3.61. The van der Waals surface area contributed by atoms with Crippen LogP contribution in [0, 0.1) is 0 Å². The lowest BCUT2D eigenvalue weighted by Crippen LogP contribution is -2.39. The Hall–Kier alpha value is -2.44. The molecule has 2 heterocycles. The van der Waals surface area contributed by atoms with E-state index < -0.39 is 11.7 Å². The van der Waals surface area contributed by atoms with Crippen LogP contribution in [0.3, 0.4) is 0 Å². The molecule has 7 nitrogen and oxygen atoms in total. The fraction of sp³-hybridized carbons (Fsp3) is 0.368. The van der Waals surface area contributed by atoms with Gasteiger partial charge in [0, 0.05) is 25.8 Å². The zero-order chi connectivity index (χ0) is 20.7. The van der Waals surface area contributed by atoms with Crippen LogP contribution in [0.2, 0.25) is 0 Å². The largest absolute Gasteiger partial charge is 0.454 e. The molecule has 1 aromatic carbocycles. The van der Waals surface area contributed by atoms with Crippen molar-refractivity contribution in [2.75, 3.05) is 31.7 Å². The van der Waals surface area contributed by atoms with Crippen molar-refractivity contribution in [3.63, 3.8) is 0 Å². The van der Waals surface area contributed by atoms with Crippen LogP contribution in [0.1, 0.15) is 18.1 Å². The normalized spacial score (nSPS) is 12.9. The third-order valence-corrected chi connectivity index (χ3v) is 4.02. The molecule has 3 N–H and O–H groups in total. The Kier molecular flexibility index (Phi) is 8.81. The van der Waals surface area contributed by atoms with Crippen LogP contribution in [-0.2, 0) is 12.7 Å². The fourth-order valence-electron chi connectivity index (χ4n) is 2.69. The fourth-order valence-corrected chi connectivity index (χ4v) is 2.69. The first-order valence-electron chi connectivity index (χ1n) is 9.14. The number of guanidine groups is 1. The molecule has 0 saturated carbocycles. The molecule has 1 aromatic heterocycles. The van der Waals surface area contributed by atoms with Crippen molar-refractivity contribution in [3.8, 4) is 11.5 Å². The Balaban J connectivity index is 0.00000320. The standard InChI is InChI=1S/C19H22F3N5O2.HI/c1-2-23-18(27-11-13-5-6-15-16(10-13)29-12-28-15)26-9-8-25-17-14(19(20,21)22)4-3-7-24-17;/h3-7,10H,2,8-9,11-12H2,1H3,(H,24,25)(H2,23,26,27);1H. The summed E-state index contributed by atoms with van der Waals surface area (Å²) in [6.07, 6.45) is -3.13. The molecule has 164 valence electrons. The molecular formula is C19H23F3IN5O2. The molecule has 0 unspecified atom stereocenters. The maximum Gasteiger partial charge on any atom is 0.419 e. The summed E-state index contributed by atoms with van der Waals surface area (Å²) >= 11 is 0. The number of nitrogens with zero attached hydrogens (tertiary/aromatic N) is 2. The van der Waals surface area contributed by atoms with Crippen molar-refractivity contribution < 1.29 is 22.6 Å². The van der Waals surface area contributed by atoms with Crippen molar-refractivity contribution in [2.45, 2.75) is 19.6 Å². The van der Waals surface area contributed by atoms with Gasteiger partial charge in [0.15, 0.2) is 17.5 Å². The molecule has 30 heavy (non-hydrogen) atoms. The van der Waals surface area contributed by atoms with E-state index in [0.717, 1.165) is 11.6 Å². The highest BCUT2D eigenvalue weighted by atomic mass is 127. The zero-order valence-electron chi connectivity index (χ0n) is 16.3. The molecule has 1 aliphatic rings. The summed E-state index contributed by atoms with van der Waals surface area (Å²) in [6.45, 7) is 3.82. The van der Waals surface area contributed by atoms with Gasteiger partial charge < -0.3 is 25.4 Å². The van der Waals surface area contributed by atoms with Gasteiger partial charge in [-0.2, -0.15) is 13.2 Å². The Morgan fingerprint density at radius 2 is 1.93 bits per heavy atom. The number of anilines is 1. The summed E-state index contributed by atoms with van der Waals surface area (Å²) < 4.78 is 49.6. The van der Waals surface area contributed by atoms with Gasteiger partial charge in [0.05, 0.1) is 12.1 Å². The topological polar surface area (TPSA) is 79.8 Å². The van der Waals surface area contributed by atoms with E-state index in [1.54, 1.807) is 0 Å². The van der Waals surface area contributed by atoms with E-state index in [0.29, 0.717) is 37.1 Å². The minimum Gasteiger partial charge on any atom is -0.454 e. The van der Waals surface area contributed by atoms with Crippen LogP contribution in [-0.4, -0.2) is 37.4 Å². The lowest BCUT2D eigenvalue weighted by atomic mass is 10.2. The first kappa shape index (κ1) is 23.8. The molecular weight excluding hydrogens is 514 g/mol. The second kappa shape index (κ2) is 11.1. The van der Waals surface area contributed by atoms with Gasteiger partial charge in [-0.15, -0.1) is 24.0 Å². The molecule has 0 saturated heterocycles. The van der Waals surface area contributed by atoms with Crippen LogP contribution in [0.15, 0.2) is 41.5 Å². The summed E-state index contributed by atoms with van der Waals surface area (Å²) in [4.78, 5) is 8.26. The van der Waals surface area contributed by atoms with E-state index in [1.807, 2.05) is 25.1 Å². The van der Waals surface area contributed by atoms with Crippen molar-refractivity contribution in [2.24, 2.45) is 4.99 Å². The molecule has 0 spiro atoms. The molecule has 0 radical (unpaired) electrons. The number of aromatic nitrogens is 1. The highest BCUT2D eigenvalue weighted by molar-refractivity contribution is 14.0. The van der Waals surface area contributed by atoms with Gasteiger partial charge in [0.25, 0.3) is 0 Å². The molecule has 0 bridgehead atoms. The lowest BCUT2D eigenvalue weighted by molar-refractivity contribution is -0.137. The van der Waals surface area contributed by atoms with Gasteiger partial charge in [-0.3, -0.25) is 0 Å². The molecule has 11 heteroatoms. The predicted molar refractivity (Wildman–Crippen MR) is 119 cm³/mol. The van der Waals surface area contributed by atoms with Crippen molar-refractivity contribution in [1.82, 2.24) is 15.6 Å². The average molecular weight is 537 g/mol. The summed E-state index contributed by atoms with van der Waals surface area (Å²) in [5.74, 6) is 1.77. The van der Waals surface area contributed by atoms with Crippen LogP contribution in [0.5, 0.6) is 11.5 Å².